The zero-order valence-corrected chi connectivity index (χ0v) is 11.8. The quantitative estimate of drug-likeness (QED) is 0.645. The van der Waals surface area contributed by atoms with E-state index in [4.69, 9.17) is 11.6 Å². The Kier molecular flexibility index (Phi) is 4.98. The summed E-state index contributed by atoms with van der Waals surface area (Å²) in [5, 5.41) is 0.0258. The minimum Gasteiger partial charge on any atom is -0.207 e. The van der Waals surface area contributed by atoms with Gasteiger partial charge < -0.3 is 0 Å². The molecule has 2 unspecified atom stereocenters. The molecule has 0 aliphatic rings. The lowest BCUT2D eigenvalue weighted by atomic mass is 9.86. The number of halogens is 2. The summed E-state index contributed by atoms with van der Waals surface area (Å²) in [5.74, 6) is -0.0967. The first-order chi connectivity index (χ1) is 9.22. The topological polar surface area (TPSA) is 0 Å². The maximum atomic E-state index is 13.1. The molecule has 0 saturated heterocycles. The molecule has 0 aliphatic carbocycles. The molecule has 0 aliphatic heterocycles. The van der Waals surface area contributed by atoms with Crippen molar-refractivity contribution in [3.63, 3.8) is 0 Å². The van der Waals surface area contributed by atoms with Gasteiger partial charge in [-0.1, -0.05) is 55.8 Å². The normalized spacial score (nSPS) is 14.1. The summed E-state index contributed by atoms with van der Waals surface area (Å²) >= 11 is 6.56. The van der Waals surface area contributed by atoms with Crippen molar-refractivity contribution >= 4 is 11.6 Å². The lowest BCUT2D eigenvalue weighted by molar-refractivity contribution is 0.622. The van der Waals surface area contributed by atoms with E-state index in [1.165, 1.54) is 17.7 Å². The molecule has 2 aromatic carbocycles. The van der Waals surface area contributed by atoms with Crippen LogP contribution in [0.4, 0.5) is 4.39 Å². The van der Waals surface area contributed by atoms with Crippen LogP contribution in [-0.4, -0.2) is 5.38 Å². The fraction of sp³-hybridized carbons (Fsp3) is 0.294. The summed E-state index contributed by atoms with van der Waals surface area (Å²) in [4.78, 5) is 0. The summed E-state index contributed by atoms with van der Waals surface area (Å²) in [7, 11) is 0. The van der Waals surface area contributed by atoms with Gasteiger partial charge in [-0.15, -0.1) is 11.6 Å². The van der Waals surface area contributed by atoms with Gasteiger partial charge in [0, 0.05) is 11.3 Å². The zero-order valence-electron chi connectivity index (χ0n) is 11.0. The Hall–Kier alpha value is -1.34. The average Bonchev–Trinajstić information content (AvgIpc) is 2.43. The van der Waals surface area contributed by atoms with E-state index in [1.807, 2.05) is 30.3 Å². The van der Waals surface area contributed by atoms with E-state index in [0.717, 1.165) is 18.4 Å². The number of hydrogen-bond acceptors (Lipinski definition) is 0. The standard InChI is InChI=1S/C17H18ClF/c1-2-6-16(18)17(13-7-4-3-5-8-13)14-9-11-15(19)12-10-14/h3-5,7-12,16-17H,2,6H2,1H3. The van der Waals surface area contributed by atoms with Crippen molar-refractivity contribution in [2.45, 2.75) is 31.1 Å². The molecule has 0 heterocycles. The van der Waals surface area contributed by atoms with Crippen LogP contribution in [0.15, 0.2) is 54.6 Å². The molecule has 0 radical (unpaired) electrons. The fourth-order valence-corrected chi connectivity index (χ4v) is 2.89. The van der Waals surface area contributed by atoms with Crippen molar-refractivity contribution in [1.29, 1.82) is 0 Å². The Bertz CT molecular complexity index is 492. The lowest BCUT2D eigenvalue weighted by Gasteiger charge is -2.23. The van der Waals surface area contributed by atoms with Gasteiger partial charge in [0.25, 0.3) is 0 Å². The molecule has 0 N–H and O–H groups in total. The average molecular weight is 277 g/mol. The van der Waals surface area contributed by atoms with Crippen LogP contribution in [0.3, 0.4) is 0 Å². The van der Waals surface area contributed by atoms with Crippen molar-refractivity contribution in [2.24, 2.45) is 0 Å². The molecule has 0 bridgehead atoms. The van der Waals surface area contributed by atoms with Crippen LogP contribution < -0.4 is 0 Å². The third-order valence-corrected chi connectivity index (χ3v) is 3.78. The van der Waals surface area contributed by atoms with Crippen LogP contribution >= 0.6 is 11.6 Å². The highest BCUT2D eigenvalue weighted by molar-refractivity contribution is 6.21. The van der Waals surface area contributed by atoms with Gasteiger partial charge in [-0.3, -0.25) is 0 Å². The third-order valence-electron chi connectivity index (χ3n) is 3.31. The van der Waals surface area contributed by atoms with Crippen molar-refractivity contribution in [3.8, 4) is 0 Å². The van der Waals surface area contributed by atoms with Crippen LogP contribution in [0.2, 0.25) is 0 Å². The summed E-state index contributed by atoms with van der Waals surface area (Å²) < 4.78 is 13.1. The van der Waals surface area contributed by atoms with Crippen LogP contribution in [0.1, 0.15) is 36.8 Å². The first-order valence-electron chi connectivity index (χ1n) is 6.67. The fourth-order valence-electron chi connectivity index (χ4n) is 2.38. The van der Waals surface area contributed by atoms with Gasteiger partial charge in [-0.05, 0) is 29.7 Å². The maximum absolute atomic E-state index is 13.1. The molecule has 0 amide bonds. The van der Waals surface area contributed by atoms with Gasteiger partial charge >= 0.3 is 0 Å². The molecular formula is C17H18ClF. The van der Waals surface area contributed by atoms with Crippen molar-refractivity contribution < 1.29 is 4.39 Å². The SMILES string of the molecule is CCCC(Cl)C(c1ccccc1)c1ccc(F)cc1. The zero-order chi connectivity index (χ0) is 13.7. The minimum absolute atomic E-state index is 0.0258. The highest BCUT2D eigenvalue weighted by Gasteiger charge is 2.22. The number of benzene rings is 2. The van der Waals surface area contributed by atoms with E-state index >= 15 is 0 Å². The lowest BCUT2D eigenvalue weighted by Crippen LogP contribution is -2.14. The van der Waals surface area contributed by atoms with E-state index in [1.54, 1.807) is 0 Å². The number of hydrogen-bond donors (Lipinski definition) is 0. The van der Waals surface area contributed by atoms with Gasteiger partial charge in [0.15, 0.2) is 0 Å². The Morgan fingerprint density at radius 2 is 1.53 bits per heavy atom. The Morgan fingerprint density at radius 1 is 0.947 bits per heavy atom. The van der Waals surface area contributed by atoms with E-state index in [0.29, 0.717) is 0 Å². The molecule has 2 rings (SSSR count). The highest BCUT2D eigenvalue weighted by Crippen LogP contribution is 2.33. The Balaban J connectivity index is 2.37. The molecule has 0 fully saturated rings. The predicted octanol–water partition coefficient (Wildman–Crippen LogP) is 5.37. The molecular weight excluding hydrogens is 259 g/mol. The Morgan fingerprint density at radius 3 is 2.11 bits per heavy atom. The van der Waals surface area contributed by atoms with Crippen LogP contribution in [-0.2, 0) is 0 Å². The molecule has 2 atom stereocenters. The molecule has 2 aromatic rings. The van der Waals surface area contributed by atoms with Crippen molar-refractivity contribution in [1.82, 2.24) is 0 Å². The summed E-state index contributed by atoms with van der Waals surface area (Å²) in [5.41, 5.74) is 2.25. The van der Waals surface area contributed by atoms with Crippen LogP contribution in [0, 0.1) is 5.82 Å². The molecule has 100 valence electrons. The van der Waals surface area contributed by atoms with Crippen molar-refractivity contribution in [2.75, 3.05) is 0 Å². The van der Waals surface area contributed by atoms with Gasteiger partial charge in [0.1, 0.15) is 5.82 Å². The minimum atomic E-state index is -0.211. The van der Waals surface area contributed by atoms with Gasteiger partial charge in [0.05, 0.1) is 0 Å². The van der Waals surface area contributed by atoms with E-state index in [-0.39, 0.29) is 17.1 Å². The smallest absolute Gasteiger partial charge is 0.123 e. The summed E-state index contributed by atoms with van der Waals surface area (Å²) in [6, 6.07) is 16.9. The largest absolute Gasteiger partial charge is 0.207 e. The van der Waals surface area contributed by atoms with E-state index in [9.17, 15) is 4.39 Å². The maximum Gasteiger partial charge on any atom is 0.123 e. The van der Waals surface area contributed by atoms with E-state index < -0.39 is 0 Å². The second-order valence-corrected chi connectivity index (χ2v) is 5.31. The number of alkyl halides is 1. The first-order valence-corrected chi connectivity index (χ1v) is 7.10. The summed E-state index contributed by atoms with van der Waals surface area (Å²) in [6.45, 7) is 2.13. The van der Waals surface area contributed by atoms with Gasteiger partial charge in [0.2, 0.25) is 0 Å². The monoisotopic (exact) mass is 276 g/mol. The molecule has 2 heteroatoms. The van der Waals surface area contributed by atoms with E-state index in [2.05, 4.69) is 19.1 Å². The Labute approximate surface area is 119 Å². The van der Waals surface area contributed by atoms with Gasteiger partial charge in [-0.2, -0.15) is 0 Å². The highest BCUT2D eigenvalue weighted by atomic mass is 35.5. The van der Waals surface area contributed by atoms with Crippen molar-refractivity contribution in [3.05, 3.63) is 71.5 Å². The van der Waals surface area contributed by atoms with Gasteiger partial charge in [-0.25, -0.2) is 4.39 Å². The molecule has 0 spiro atoms. The van der Waals surface area contributed by atoms with Crippen LogP contribution in [0.5, 0.6) is 0 Å². The second-order valence-electron chi connectivity index (χ2n) is 4.74. The molecule has 0 nitrogen and oxygen atoms in total. The first kappa shape index (κ1) is 14.1. The third kappa shape index (κ3) is 3.57. The summed E-state index contributed by atoms with van der Waals surface area (Å²) in [6.07, 6.45) is 1.98. The predicted molar refractivity (Wildman–Crippen MR) is 79.2 cm³/mol. The number of rotatable bonds is 5. The van der Waals surface area contributed by atoms with Crippen LogP contribution in [0.25, 0.3) is 0 Å². The second kappa shape index (κ2) is 6.72. The molecule has 0 saturated carbocycles. The molecule has 19 heavy (non-hydrogen) atoms. The molecule has 0 aromatic heterocycles.